The maximum Gasteiger partial charge on any atom is 0.378 e. The summed E-state index contributed by atoms with van der Waals surface area (Å²) in [5, 5.41) is 0. The van der Waals surface area contributed by atoms with Gasteiger partial charge in [0.25, 0.3) is 0 Å². The molecule has 0 aliphatic carbocycles. The van der Waals surface area contributed by atoms with Crippen molar-refractivity contribution in [1.29, 1.82) is 0 Å². The molecule has 1 rings (SSSR count). The van der Waals surface area contributed by atoms with Gasteiger partial charge in [-0.2, -0.15) is 0 Å². The summed E-state index contributed by atoms with van der Waals surface area (Å²) in [6, 6.07) is 0. The number of nitrogens with zero attached hydrogens (tertiary/aromatic N) is 2. The number of hydrogen-bond donors (Lipinski definition) is 0. The maximum absolute atomic E-state index is 5.44. The summed E-state index contributed by atoms with van der Waals surface area (Å²) in [7, 11) is 4.50. The summed E-state index contributed by atoms with van der Waals surface area (Å²) < 4.78 is 5.44. The fourth-order valence-corrected chi connectivity index (χ4v) is 0.974. The Kier molecular flexibility index (Phi) is 1.84. The molecule has 3 nitrogen and oxygen atoms in total. The Balaban J connectivity index is 2.54. The molecule has 0 atom stereocenters. The van der Waals surface area contributed by atoms with Crippen molar-refractivity contribution >= 4 is 14.1 Å². The minimum absolute atomic E-state index is 0.227. The molecule has 5 heteroatoms. The van der Waals surface area contributed by atoms with Crippen molar-refractivity contribution in [3.05, 3.63) is 0 Å². The van der Waals surface area contributed by atoms with Gasteiger partial charge in [0.2, 0.25) is 0 Å². The summed E-state index contributed by atoms with van der Waals surface area (Å²) >= 11 is 0. The third-order valence-corrected chi connectivity index (χ3v) is 1.94. The molecular formula is C4H12B2N2O. The highest BCUT2D eigenvalue weighted by Crippen LogP contribution is 2.10. The van der Waals surface area contributed by atoms with Crippen LogP contribution in [0.5, 0.6) is 0 Å². The van der Waals surface area contributed by atoms with E-state index in [1.54, 1.807) is 0 Å². The first-order chi connectivity index (χ1) is 4.13. The Labute approximate surface area is 57.2 Å². The molecule has 1 fully saturated rings. The van der Waals surface area contributed by atoms with Crippen LogP contribution in [-0.4, -0.2) is 38.0 Å². The minimum atomic E-state index is 0.227. The fraction of sp³-hybridized carbons (Fsp3) is 1.00. The molecule has 9 heavy (non-hydrogen) atoms. The Morgan fingerprint density at radius 3 is 1.44 bits per heavy atom. The predicted molar refractivity (Wildman–Crippen MR) is 39.8 cm³/mol. The predicted octanol–water partition coefficient (Wildman–Crippen LogP) is 0.0312. The lowest BCUT2D eigenvalue weighted by atomic mass is 9.82. The van der Waals surface area contributed by atoms with Gasteiger partial charge in [0.05, 0.1) is 0 Å². The molecule has 0 saturated carbocycles. The van der Waals surface area contributed by atoms with Gasteiger partial charge < -0.3 is 4.57 Å². The number of rotatable bonds is 0. The van der Waals surface area contributed by atoms with Crippen molar-refractivity contribution in [3.63, 3.8) is 0 Å². The summed E-state index contributed by atoms with van der Waals surface area (Å²) in [4.78, 5) is 4.15. The largest absolute Gasteiger partial charge is 0.471 e. The monoisotopic (exact) mass is 126 g/mol. The van der Waals surface area contributed by atoms with Gasteiger partial charge in [-0.3, -0.25) is 9.84 Å². The number of hydrazine groups is 1. The Morgan fingerprint density at radius 2 is 1.33 bits per heavy atom. The van der Waals surface area contributed by atoms with Gasteiger partial charge in [-0.1, -0.05) is 0 Å². The van der Waals surface area contributed by atoms with Crippen LogP contribution in [0, 0.1) is 0 Å². The minimum Gasteiger partial charge on any atom is -0.471 e. The summed E-state index contributed by atoms with van der Waals surface area (Å²) in [5.41, 5.74) is 0. The fourth-order valence-electron chi connectivity index (χ4n) is 0.974. The van der Waals surface area contributed by atoms with Gasteiger partial charge in [-0.05, 0) is 27.7 Å². The van der Waals surface area contributed by atoms with E-state index in [-0.39, 0.29) is 14.1 Å². The lowest BCUT2D eigenvalue weighted by Crippen LogP contribution is -2.39. The molecule has 1 aliphatic rings. The SMILES string of the molecule is CB1OB(C)N(C)N1C. The van der Waals surface area contributed by atoms with Crippen LogP contribution in [-0.2, 0) is 4.57 Å². The second-order valence-electron chi connectivity index (χ2n) is 2.48. The summed E-state index contributed by atoms with van der Waals surface area (Å²) in [6.07, 6.45) is 0. The molecule has 1 heterocycles. The second-order valence-corrected chi connectivity index (χ2v) is 2.48. The first-order valence-corrected chi connectivity index (χ1v) is 3.24. The summed E-state index contributed by atoms with van der Waals surface area (Å²) in [5.74, 6) is 0. The number of hydrogen-bond acceptors (Lipinski definition) is 3. The van der Waals surface area contributed by atoms with Crippen LogP contribution in [0.4, 0.5) is 0 Å². The maximum atomic E-state index is 5.44. The van der Waals surface area contributed by atoms with Crippen LogP contribution in [0.2, 0.25) is 13.6 Å². The average Bonchev–Trinajstić information content (AvgIpc) is 1.98. The van der Waals surface area contributed by atoms with Crippen LogP contribution in [0.1, 0.15) is 0 Å². The smallest absolute Gasteiger partial charge is 0.378 e. The topological polar surface area (TPSA) is 15.7 Å². The first-order valence-electron chi connectivity index (χ1n) is 3.24. The van der Waals surface area contributed by atoms with Crippen LogP contribution < -0.4 is 0 Å². The van der Waals surface area contributed by atoms with E-state index in [1.807, 2.05) is 27.7 Å². The van der Waals surface area contributed by atoms with E-state index in [1.165, 1.54) is 0 Å². The van der Waals surface area contributed by atoms with Crippen molar-refractivity contribution in [1.82, 2.24) is 9.84 Å². The average molecular weight is 126 g/mol. The van der Waals surface area contributed by atoms with E-state index in [0.29, 0.717) is 0 Å². The molecular weight excluding hydrogens is 114 g/mol. The van der Waals surface area contributed by atoms with E-state index in [9.17, 15) is 0 Å². The molecule has 0 radical (unpaired) electrons. The van der Waals surface area contributed by atoms with Crippen LogP contribution in [0.25, 0.3) is 0 Å². The van der Waals surface area contributed by atoms with Gasteiger partial charge in [-0.15, -0.1) is 0 Å². The third kappa shape index (κ3) is 1.13. The lowest BCUT2D eigenvalue weighted by Gasteiger charge is -2.20. The van der Waals surface area contributed by atoms with Crippen LogP contribution >= 0.6 is 0 Å². The molecule has 50 valence electrons. The van der Waals surface area contributed by atoms with E-state index in [4.69, 9.17) is 4.57 Å². The first kappa shape index (κ1) is 7.12. The highest BCUT2D eigenvalue weighted by molar-refractivity contribution is 6.65. The van der Waals surface area contributed by atoms with Crippen molar-refractivity contribution in [2.24, 2.45) is 0 Å². The van der Waals surface area contributed by atoms with Gasteiger partial charge in [-0.25, -0.2) is 0 Å². The highest BCUT2D eigenvalue weighted by atomic mass is 16.4. The molecule has 0 N–H and O–H groups in total. The van der Waals surface area contributed by atoms with Gasteiger partial charge in [0.1, 0.15) is 0 Å². The molecule has 0 bridgehead atoms. The van der Waals surface area contributed by atoms with E-state index in [0.717, 1.165) is 0 Å². The zero-order valence-electron chi connectivity index (χ0n) is 6.46. The van der Waals surface area contributed by atoms with Crippen LogP contribution in [0.3, 0.4) is 0 Å². The normalized spacial score (nSPS) is 24.0. The van der Waals surface area contributed by atoms with Gasteiger partial charge in [0, 0.05) is 0 Å². The van der Waals surface area contributed by atoms with Crippen molar-refractivity contribution in [2.45, 2.75) is 13.6 Å². The Morgan fingerprint density at radius 1 is 1.00 bits per heavy atom. The third-order valence-electron chi connectivity index (χ3n) is 1.94. The molecule has 0 aromatic rings. The van der Waals surface area contributed by atoms with E-state index >= 15 is 0 Å². The lowest BCUT2D eigenvalue weighted by molar-refractivity contribution is 0.245. The molecule has 0 aromatic carbocycles. The molecule has 0 aromatic heterocycles. The standard InChI is InChI=1S/C4H12B2N2O/c1-5-7(3)8(4)6(2)9-5/h1-4H3. The molecule has 0 spiro atoms. The molecule has 0 unspecified atom stereocenters. The Bertz CT molecular complexity index is 101. The molecule has 1 saturated heterocycles. The van der Waals surface area contributed by atoms with Crippen molar-refractivity contribution < 1.29 is 4.57 Å². The van der Waals surface area contributed by atoms with Gasteiger partial charge >= 0.3 is 14.1 Å². The van der Waals surface area contributed by atoms with Gasteiger partial charge in [0.15, 0.2) is 0 Å². The Hall–Kier alpha value is 0.00987. The highest BCUT2D eigenvalue weighted by Gasteiger charge is 2.35. The van der Waals surface area contributed by atoms with Crippen molar-refractivity contribution in [2.75, 3.05) is 14.1 Å². The second kappa shape index (κ2) is 2.33. The molecule has 0 amide bonds. The van der Waals surface area contributed by atoms with E-state index < -0.39 is 0 Å². The quantitative estimate of drug-likeness (QED) is 0.425. The van der Waals surface area contributed by atoms with E-state index in [2.05, 4.69) is 9.84 Å². The summed E-state index contributed by atoms with van der Waals surface area (Å²) in [6.45, 7) is 4.08. The zero-order chi connectivity index (χ0) is 7.02. The molecule has 1 aliphatic heterocycles. The van der Waals surface area contributed by atoms with Crippen molar-refractivity contribution in [3.8, 4) is 0 Å². The van der Waals surface area contributed by atoms with Crippen LogP contribution in [0.15, 0.2) is 0 Å². The zero-order valence-corrected chi connectivity index (χ0v) is 6.46.